The number of rotatable bonds is 9. The lowest BCUT2D eigenvalue weighted by molar-refractivity contribution is -0.665. The van der Waals surface area contributed by atoms with Crippen molar-refractivity contribution in [2.24, 2.45) is 5.92 Å². The SMILES string of the molecule is COc1cccc(OC)c1OC[C@@H](C)C[NH2+]C[C@H]1CCCO1. The number of benzene rings is 1. The van der Waals surface area contributed by atoms with Crippen LogP contribution in [0.5, 0.6) is 17.2 Å². The molecule has 0 radical (unpaired) electrons. The van der Waals surface area contributed by atoms with E-state index in [0.29, 0.717) is 35.9 Å². The molecule has 1 aliphatic rings. The van der Waals surface area contributed by atoms with E-state index in [1.165, 1.54) is 12.8 Å². The van der Waals surface area contributed by atoms with Crippen LogP contribution < -0.4 is 19.5 Å². The maximum absolute atomic E-state index is 5.93. The zero-order valence-electron chi connectivity index (χ0n) is 13.8. The van der Waals surface area contributed by atoms with E-state index < -0.39 is 0 Å². The molecule has 5 heteroatoms. The van der Waals surface area contributed by atoms with Crippen LogP contribution in [0.1, 0.15) is 19.8 Å². The second-order valence-corrected chi connectivity index (χ2v) is 5.80. The summed E-state index contributed by atoms with van der Waals surface area (Å²) < 4.78 is 22.2. The van der Waals surface area contributed by atoms with Gasteiger partial charge in [-0.2, -0.15) is 0 Å². The van der Waals surface area contributed by atoms with Crippen LogP contribution in [0.3, 0.4) is 0 Å². The third-order valence-electron chi connectivity index (χ3n) is 3.92. The van der Waals surface area contributed by atoms with Crippen molar-refractivity contribution in [3.05, 3.63) is 18.2 Å². The van der Waals surface area contributed by atoms with E-state index in [9.17, 15) is 0 Å². The second kappa shape index (κ2) is 8.86. The van der Waals surface area contributed by atoms with Gasteiger partial charge in [-0.1, -0.05) is 13.0 Å². The first-order valence-corrected chi connectivity index (χ1v) is 8.01. The van der Waals surface area contributed by atoms with Crippen LogP contribution in [0.4, 0.5) is 0 Å². The van der Waals surface area contributed by atoms with Crippen molar-refractivity contribution in [2.45, 2.75) is 25.9 Å². The van der Waals surface area contributed by atoms with Gasteiger partial charge >= 0.3 is 0 Å². The first kappa shape index (κ1) is 16.9. The molecule has 124 valence electrons. The smallest absolute Gasteiger partial charge is 0.203 e. The molecular weight excluding hydrogens is 282 g/mol. The zero-order valence-corrected chi connectivity index (χ0v) is 13.8. The third kappa shape index (κ3) is 4.78. The molecule has 5 nitrogen and oxygen atoms in total. The van der Waals surface area contributed by atoms with Crippen molar-refractivity contribution in [3.63, 3.8) is 0 Å². The monoisotopic (exact) mass is 310 g/mol. The lowest BCUT2D eigenvalue weighted by Gasteiger charge is -2.17. The largest absolute Gasteiger partial charge is 0.493 e. The summed E-state index contributed by atoms with van der Waals surface area (Å²) in [6.45, 7) is 5.82. The number of hydrogen-bond donors (Lipinski definition) is 1. The maximum atomic E-state index is 5.93. The first-order chi connectivity index (χ1) is 10.7. The fourth-order valence-corrected chi connectivity index (χ4v) is 2.65. The lowest BCUT2D eigenvalue weighted by atomic mass is 10.2. The van der Waals surface area contributed by atoms with Crippen molar-refractivity contribution in [2.75, 3.05) is 40.5 Å². The molecular formula is C17H28NO4+. The molecule has 0 spiro atoms. The topological polar surface area (TPSA) is 53.5 Å². The van der Waals surface area contributed by atoms with E-state index >= 15 is 0 Å². The summed E-state index contributed by atoms with van der Waals surface area (Å²) in [6, 6.07) is 5.65. The summed E-state index contributed by atoms with van der Waals surface area (Å²) in [5, 5.41) is 2.32. The Hall–Kier alpha value is -1.46. The normalized spacial score (nSPS) is 19.0. The number of quaternary nitrogens is 1. The Morgan fingerprint density at radius 1 is 1.27 bits per heavy atom. The van der Waals surface area contributed by atoms with Crippen molar-refractivity contribution in [3.8, 4) is 17.2 Å². The molecule has 2 atom stereocenters. The van der Waals surface area contributed by atoms with Crippen LogP contribution in [0, 0.1) is 5.92 Å². The second-order valence-electron chi connectivity index (χ2n) is 5.80. The lowest BCUT2D eigenvalue weighted by Crippen LogP contribution is -2.87. The van der Waals surface area contributed by atoms with Crippen molar-refractivity contribution < 1.29 is 24.3 Å². The summed E-state index contributed by atoms with van der Waals surface area (Å²) in [5.41, 5.74) is 0. The van der Waals surface area contributed by atoms with Crippen LogP contribution in [-0.4, -0.2) is 46.6 Å². The average molecular weight is 310 g/mol. The molecule has 22 heavy (non-hydrogen) atoms. The van der Waals surface area contributed by atoms with E-state index in [0.717, 1.165) is 19.7 Å². The molecule has 1 saturated heterocycles. The Morgan fingerprint density at radius 2 is 2.00 bits per heavy atom. The van der Waals surface area contributed by atoms with E-state index in [1.54, 1.807) is 14.2 Å². The Kier molecular flexibility index (Phi) is 6.80. The molecule has 0 bridgehead atoms. The summed E-state index contributed by atoms with van der Waals surface area (Å²) in [6.07, 6.45) is 2.83. The molecule has 2 rings (SSSR count). The molecule has 0 saturated carbocycles. The minimum atomic E-state index is 0.433. The highest BCUT2D eigenvalue weighted by Crippen LogP contribution is 2.36. The summed E-state index contributed by atoms with van der Waals surface area (Å²) in [4.78, 5) is 0. The van der Waals surface area contributed by atoms with Crippen LogP contribution in [0.15, 0.2) is 18.2 Å². The highest BCUT2D eigenvalue weighted by Gasteiger charge is 2.18. The molecule has 1 aromatic carbocycles. The molecule has 2 N–H and O–H groups in total. The minimum absolute atomic E-state index is 0.433. The Balaban J connectivity index is 1.76. The molecule has 0 unspecified atom stereocenters. The van der Waals surface area contributed by atoms with Gasteiger partial charge in [-0.15, -0.1) is 0 Å². The molecule has 0 amide bonds. The van der Waals surface area contributed by atoms with Gasteiger partial charge in [-0.3, -0.25) is 0 Å². The van der Waals surface area contributed by atoms with Gasteiger partial charge in [0.2, 0.25) is 5.75 Å². The number of hydrogen-bond acceptors (Lipinski definition) is 4. The van der Waals surface area contributed by atoms with Crippen LogP contribution in [0.2, 0.25) is 0 Å². The third-order valence-corrected chi connectivity index (χ3v) is 3.92. The molecule has 1 heterocycles. The van der Waals surface area contributed by atoms with Gasteiger partial charge in [0, 0.05) is 12.5 Å². The Labute approximate surface area is 132 Å². The Bertz CT molecular complexity index is 424. The zero-order chi connectivity index (χ0) is 15.8. The van der Waals surface area contributed by atoms with Crippen LogP contribution in [-0.2, 0) is 4.74 Å². The van der Waals surface area contributed by atoms with Gasteiger partial charge in [0.15, 0.2) is 11.5 Å². The van der Waals surface area contributed by atoms with Gasteiger partial charge in [-0.25, -0.2) is 0 Å². The molecule has 1 aliphatic heterocycles. The molecule has 1 aromatic rings. The number of nitrogens with two attached hydrogens (primary N) is 1. The Morgan fingerprint density at radius 3 is 2.59 bits per heavy atom. The van der Waals surface area contributed by atoms with Crippen LogP contribution >= 0.6 is 0 Å². The van der Waals surface area contributed by atoms with Gasteiger partial charge in [0.1, 0.15) is 12.6 Å². The van der Waals surface area contributed by atoms with Crippen LogP contribution in [0.25, 0.3) is 0 Å². The predicted octanol–water partition coefficient (Wildman–Crippen LogP) is 1.46. The van der Waals surface area contributed by atoms with E-state index in [4.69, 9.17) is 18.9 Å². The molecule has 0 aliphatic carbocycles. The van der Waals surface area contributed by atoms with Gasteiger partial charge in [0.25, 0.3) is 0 Å². The minimum Gasteiger partial charge on any atom is -0.493 e. The van der Waals surface area contributed by atoms with Gasteiger partial charge < -0.3 is 24.3 Å². The summed E-state index contributed by atoms with van der Waals surface area (Å²) in [7, 11) is 3.28. The maximum Gasteiger partial charge on any atom is 0.203 e. The van der Waals surface area contributed by atoms with Crippen molar-refractivity contribution >= 4 is 0 Å². The fraction of sp³-hybridized carbons (Fsp3) is 0.647. The number of para-hydroxylation sites is 1. The quantitative estimate of drug-likeness (QED) is 0.750. The standard InChI is InChI=1S/C17H27NO4/c1-13(10-18-11-14-6-5-9-21-14)12-22-17-15(19-2)7-4-8-16(17)20-3/h4,7-8,13-14,18H,5-6,9-12H2,1-3H3/p+1/t13-,14+/m0/s1. The highest BCUT2D eigenvalue weighted by molar-refractivity contribution is 5.51. The van der Waals surface area contributed by atoms with Crippen molar-refractivity contribution in [1.29, 1.82) is 0 Å². The van der Waals surface area contributed by atoms with E-state index in [-0.39, 0.29) is 0 Å². The molecule has 0 aromatic heterocycles. The highest BCUT2D eigenvalue weighted by atomic mass is 16.5. The summed E-state index contributed by atoms with van der Waals surface area (Å²) >= 11 is 0. The summed E-state index contributed by atoms with van der Waals surface area (Å²) in [5.74, 6) is 2.53. The first-order valence-electron chi connectivity index (χ1n) is 8.01. The van der Waals surface area contributed by atoms with Gasteiger partial charge in [-0.05, 0) is 25.0 Å². The average Bonchev–Trinajstić information content (AvgIpc) is 3.05. The fourth-order valence-electron chi connectivity index (χ4n) is 2.65. The number of methoxy groups -OCH3 is 2. The van der Waals surface area contributed by atoms with Gasteiger partial charge in [0.05, 0.1) is 27.4 Å². The number of ether oxygens (including phenoxy) is 4. The molecule has 1 fully saturated rings. The predicted molar refractivity (Wildman–Crippen MR) is 84.8 cm³/mol. The van der Waals surface area contributed by atoms with Crippen molar-refractivity contribution in [1.82, 2.24) is 0 Å². The van der Waals surface area contributed by atoms with E-state index in [1.807, 2.05) is 18.2 Å². The van der Waals surface area contributed by atoms with E-state index in [2.05, 4.69) is 12.2 Å².